The molecule has 0 aliphatic heterocycles. The Kier molecular flexibility index (Phi) is 5.40. The van der Waals surface area contributed by atoms with Crippen molar-refractivity contribution in [3.63, 3.8) is 0 Å². The molecule has 0 atom stereocenters. The second-order valence-electron chi connectivity index (χ2n) is 6.26. The fourth-order valence-electron chi connectivity index (χ4n) is 2.84. The molecule has 0 aliphatic rings. The highest BCUT2D eigenvalue weighted by molar-refractivity contribution is 7.22. The Hall–Kier alpha value is -3.78. The van der Waals surface area contributed by atoms with Crippen molar-refractivity contribution in [2.45, 2.75) is 6.92 Å². The van der Waals surface area contributed by atoms with Crippen LogP contribution in [0, 0.1) is 0 Å². The summed E-state index contributed by atoms with van der Waals surface area (Å²) in [6.07, 6.45) is 3.97. The van der Waals surface area contributed by atoms with Gasteiger partial charge in [-0.2, -0.15) is 0 Å². The van der Waals surface area contributed by atoms with Crippen LogP contribution in [0.2, 0.25) is 0 Å². The summed E-state index contributed by atoms with van der Waals surface area (Å²) in [5.41, 5.74) is 1.62. The van der Waals surface area contributed by atoms with E-state index in [9.17, 15) is 14.4 Å². The molecule has 0 spiro atoms. The highest BCUT2D eigenvalue weighted by Crippen LogP contribution is 2.27. The van der Waals surface area contributed by atoms with E-state index in [1.165, 1.54) is 29.8 Å². The number of anilines is 1. The third-order valence-electron chi connectivity index (χ3n) is 4.25. The van der Waals surface area contributed by atoms with Gasteiger partial charge in [-0.15, -0.1) is 0 Å². The summed E-state index contributed by atoms with van der Waals surface area (Å²) in [6, 6.07) is 11.9. The molecule has 0 unspecified atom stereocenters. The summed E-state index contributed by atoms with van der Waals surface area (Å²) in [5.74, 6) is -0.845. The number of esters is 1. The highest BCUT2D eigenvalue weighted by atomic mass is 32.1. The minimum atomic E-state index is -0.438. The molecule has 4 rings (SSSR count). The number of nitrogens with zero attached hydrogens (tertiary/aromatic N) is 1. The number of thiazole rings is 1. The number of para-hydroxylation sites is 1. The van der Waals surface area contributed by atoms with Crippen LogP contribution in [0.25, 0.3) is 27.3 Å². The van der Waals surface area contributed by atoms with E-state index in [1.54, 1.807) is 49.4 Å². The zero-order valence-electron chi connectivity index (χ0n) is 15.9. The van der Waals surface area contributed by atoms with E-state index in [4.69, 9.17) is 9.15 Å². The second kappa shape index (κ2) is 8.30. The first-order chi connectivity index (χ1) is 14.5. The SMILES string of the molecule is CCOC(=O)c1ccc2nc(NC(=O)/C=C/c3coc4ccccc4c3=O)sc2c1. The number of ether oxygens (including phenoxy) is 1. The minimum absolute atomic E-state index is 0.215. The summed E-state index contributed by atoms with van der Waals surface area (Å²) >= 11 is 1.24. The lowest BCUT2D eigenvalue weighted by Crippen LogP contribution is -2.09. The van der Waals surface area contributed by atoms with Crippen molar-refractivity contribution in [2.75, 3.05) is 11.9 Å². The van der Waals surface area contributed by atoms with Crippen LogP contribution in [-0.4, -0.2) is 23.5 Å². The van der Waals surface area contributed by atoms with Gasteiger partial charge < -0.3 is 9.15 Å². The van der Waals surface area contributed by atoms with Crippen LogP contribution < -0.4 is 10.7 Å². The van der Waals surface area contributed by atoms with Crippen LogP contribution in [0.15, 0.2) is 64.0 Å². The van der Waals surface area contributed by atoms with Crippen molar-refractivity contribution < 1.29 is 18.7 Å². The average Bonchev–Trinajstić information content (AvgIpc) is 3.15. The maximum atomic E-state index is 12.5. The van der Waals surface area contributed by atoms with E-state index in [1.807, 2.05) is 0 Å². The Morgan fingerprint density at radius 1 is 1.23 bits per heavy atom. The lowest BCUT2D eigenvalue weighted by molar-refractivity contribution is -0.111. The van der Waals surface area contributed by atoms with E-state index < -0.39 is 11.9 Å². The Balaban J connectivity index is 1.51. The Morgan fingerprint density at radius 3 is 2.90 bits per heavy atom. The van der Waals surface area contributed by atoms with E-state index in [0.29, 0.717) is 33.8 Å². The smallest absolute Gasteiger partial charge is 0.338 e. The first-order valence-electron chi connectivity index (χ1n) is 9.12. The summed E-state index contributed by atoms with van der Waals surface area (Å²) < 4.78 is 11.2. The number of hydrogen-bond donors (Lipinski definition) is 1. The van der Waals surface area contributed by atoms with Crippen LogP contribution in [0.1, 0.15) is 22.8 Å². The predicted octanol–water partition coefficient (Wildman–Crippen LogP) is 4.23. The van der Waals surface area contributed by atoms with Gasteiger partial charge in [-0.25, -0.2) is 9.78 Å². The molecule has 2 aromatic heterocycles. The van der Waals surface area contributed by atoms with Crippen molar-refractivity contribution in [1.29, 1.82) is 0 Å². The van der Waals surface area contributed by atoms with Gasteiger partial charge in [-0.3, -0.25) is 14.9 Å². The molecule has 30 heavy (non-hydrogen) atoms. The number of carbonyl (C=O) groups excluding carboxylic acids is 2. The molecule has 0 bridgehead atoms. The molecule has 0 aliphatic carbocycles. The lowest BCUT2D eigenvalue weighted by atomic mass is 10.1. The van der Waals surface area contributed by atoms with E-state index >= 15 is 0 Å². The van der Waals surface area contributed by atoms with Crippen molar-refractivity contribution in [1.82, 2.24) is 4.98 Å². The molecular formula is C22H16N2O5S. The first kappa shape index (κ1) is 19.5. The molecule has 7 nitrogen and oxygen atoms in total. The number of fused-ring (bicyclic) bond motifs is 2. The molecule has 1 amide bonds. The third kappa shape index (κ3) is 3.99. The number of aromatic nitrogens is 1. The zero-order chi connectivity index (χ0) is 21.1. The van der Waals surface area contributed by atoms with Crippen LogP contribution in [-0.2, 0) is 9.53 Å². The van der Waals surface area contributed by atoms with Crippen LogP contribution in [0.5, 0.6) is 0 Å². The van der Waals surface area contributed by atoms with Crippen molar-refractivity contribution in [2.24, 2.45) is 0 Å². The van der Waals surface area contributed by atoms with Gasteiger partial charge in [0.1, 0.15) is 11.8 Å². The standard InChI is InChI=1S/C22H16N2O5S/c1-2-28-21(27)13-7-9-16-18(11-13)30-22(23-16)24-19(25)10-8-14-12-29-17-6-4-3-5-15(17)20(14)26/h3-12H,2H2,1H3,(H,23,24,25)/b10-8+. The molecule has 0 saturated heterocycles. The van der Waals surface area contributed by atoms with E-state index in [0.717, 1.165) is 4.70 Å². The lowest BCUT2D eigenvalue weighted by Gasteiger charge is -2.00. The van der Waals surface area contributed by atoms with Crippen molar-refractivity contribution >= 4 is 55.6 Å². The number of nitrogens with one attached hydrogen (secondary N) is 1. The number of amides is 1. The molecule has 8 heteroatoms. The Morgan fingerprint density at radius 2 is 2.07 bits per heavy atom. The topological polar surface area (TPSA) is 98.5 Å². The normalized spacial score (nSPS) is 11.2. The van der Waals surface area contributed by atoms with Gasteiger partial charge >= 0.3 is 5.97 Å². The van der Waals surface area contributed by atoms with E-state index in [2.05, 4.69) is 10.3 Å². The molecule has 1 N–H and O–H groups in total. The molecule has 4 aromatic rings. The molecule has 0 fully saturated rings. The second-order valence-corrected chi connectivity index (χ2v) is 7.29. The predicted molar refractivity (Wildman–Crippen MR) is 116 cm³/mol. The summed E-state index contributed by atoms with van der Waals surface area (Å²) in [4.78, 5) is 40.9. The van der Waals surface area contributed by atoms with Gasteiger partial charge in [-0.05, 0) is 43.3 Å². The quantitative estimate of drug-likeness (QED) is 0.383. The van der Waals surface area contributed by atoms with Gasteiger partial charge in [0.25, 0.3) is 0 Å². The van der Waals surface area contributed by atoms with Crippen LogP contribution in [0.4, 0.5) is 5.13 Å². The van der Waals surface area contributed by atoms with Gasteiger partial charge in [0.05, 0.1) is 33.3 Å². The Bertz CT molecular complexity index is 1350. The van der Waals surface area contributed by atoms with Crippen molar-refractivity contribution in [3.05, 3.63) is 76.2 Å². The monoisotopic (exact) mass is 420 g/mol. The molecule has 0 radical (unpaired) electrons. The first-order valence-corrected chi connectivity index (χ1v) is 9.94. The summed E-state index contributed by atoms with van der Waals surface area (Å²) in [6.45, 7) is 2.04. The summed E-state index contributed by atoms with van der Waals surface area (Å²) in [7, 11) is 0. The maximum absolute atomic E-state index is 12.5. The van der Waals surface area contributed by atoms with E-state index in [-0.39, 0.29) is 11.0 Å². The molecule has 2 aromatic carbocycles. The Labute approximate surface area is 174 Å². The fourth-order valence-corrected chi connectivity index (χ4v) is 3.75. The third-order valence-corrected chi connectivity index (χ3v) is 5.18. The number of benzene rings is 2. The zero-order valence-corrected chi connectivity index (χ0v) is 16.7. The largest absolute Gasteiger partial charge is 0.463 e. The van der Waals surface area contributed by atoms with Crippen LogP contribution >= 0.6 is 11.3 Å². The van der Waals surface area contributed by atoms with Crippen LogP contribution in [0.3, 0.4) is 0 Å². The number of rotatable bonds is 5. The number of carbonyl (C=O) groups is 2. The molecule has 2 heterocycles. The average molecular weight is 420 g/mol. The molecule has 0 saturated carbocycles. The fraction of sp³-hybridized carbons (Fsp3) is 0.0909. The highest BCUT2D eigenvalue weighted by Gasteiger charge is 2.11. The summed E-state index contributed by atoms with van der Waals surface area (Å²) in [5, 5.41) is 3.49. The van der Waals surface area contributed by atoms with Crippen molar-refractivity contribution in [3.8, 4) is 0 Å². The number of hydrogen-bond acceptors (Lipinski definition) is 7. The maximum Gasteiger partial charge on any atom is 0.338 e. The van der Waals surface area contributed by atoms with Gasteiger partial charge in [0.15, 0.2) is 10.6 Å². The van der Waals surface area contributed by atoms with Gasteiger partial charge in [0, 0.05) is 6.08 Å². The molecular weight excluding hydrogens is 404 g/mol. The molecule has 150 valence electrons. The minimum Gasteiger partial charge on any atom is -0.463 e. The van der Waals surface area contributed by atoms with Gasteiger partial charge in [0.2, 0.25) is 5.91 Å². The van der Waals surface area contributed by atoms with Gasteiger partial charge in [-0.1, -0.05) is 23.5 Å².